The van der Waals surface area contributed by atoms with Crippen molar-refractivity contribution in [3.05, 3.63) is 29.8 Å². The van der Waals surface area contributed by atoms with E-state index in [2.05, 4.69) is 5.32 Å². The Morgan fingerprint density at radius 3 is 2.39 bits per heavy atom. The first-order chi connectivity index (χ1) is 10.8. The van der Waals surface area contributed by atoms with Crippen LogP contribution < -0.4 is 5.32 Å². The minimum absolute atomic E-state index is 0.0372. The van der Waals surface area contributed by atoms with E-state index in [1.54, 1.807) is 38.4 Å². The molecule has 0 atom stereocenters. The number of likely N-dealkylation sites (N-methyl/N-ethyl adjacent to an activating group) is 1. The van der Waals surface area contributed by atoms with Crippen molar-refractivity contribution in [2.75, 3.05) is 39.0 Å². The van der Waals surface area contributed by atoms with Crippen molar-refractivity contribution in [2.24, 2.45) is 0 Å². The van der Waals surface area contributed by atoms with Gasteiger partial charge in [0, 0.05) is 25.3 Å². The van der Waals surface area contributed by atoms with Crippen molar-refractivity contribution in [1.82, 2.24) is 9.80 Å². The molecule has 0 saturated heterocycles. The molecule has 0 aliphatic carbocycles. The quantitative estimate of drug-likeness (QED) is 0.739. The summed E-state index contributed by atoms with van der Waals surface area (Å²) in [5.74, 6) is -0.291. The summed E-state index contributed by atoms with van der Waals surface area (Å²) in [6, 6.07) is 6.82. The third kappa shape index (κ3) is 6.61. The molecule has 0 bridgehead atoms. The molecule has 6 nitrogen and oxygen atoms in total. The Morgan fingerprint density at radius 1 is 1.13 bits per heavy atom. The number of anilines is 1. The molecule has 0 radical (unpaired) electrons. The van der Waals surface area contributed by atoms with E-state index >= 15 is 0 Å². The number of rotatable bonds is 8. The first-order valence-electron chi connectivity index (χ1n) is 7.66. The molecule has 0 aliphatic rings. The number of carbonyl (C=O) groups excluding carboxylic acids is 3. The Labute approximate surface area is 137 Å². The Morgan fingerprint density at radius 2 is 1.83 bits per heavy atom. The lowest BCUT2D eigenvalue weighted by Crippen LogP contribution is -2.41. The molecule has 0 unspecified atom stereocenters. The zero-order valence-electron chi connectivity index (χ0n) is 14.3. The van der Waals surface area contributed by atoms with Gasteiger partial charge in [-0.05, 0) is 32.0 Å². The number of Topliss-reactive ketones (excluding diaryl/α,β-unsaturated/α-hetero) is 1. The highest BCUT2D eigenvalue weighted by Crippen LogP contribution is 2.11. The largest absolute Gasteiger partial charge is 0.348 e. The van der Waals surface area contributed by atoms with E-state index in [1.807, 2.05) is 11.8 Å². The van der Waals surface area contributed by atoms with Crippen LogP contribution in [-0.2, 0) is 9.59 Å². The monoisotopic (exact) mass is 319 g/mol. The second-order valence-corrected chi connectivity index (χ2v) is 5.68. The molecule has 0 fully saturated rings. The third-order valence-electron chi connectivity index (χ3n) is 3.32. The maximum absolute atomic E-state index is 12.2. The van der Waals surface area contributed by atoms with Crippen LogP contribution in [0, 0.1) is 0 Å². The summed E-state index contributed by atoms with van der Waals surface area (Å²) in [7, 11) is 3.39. The fourth-order valence-corrected chi connectivity index (χ4v) is 2.08. The molecule has 6 heteroatoms. The Balaban J connectivity index is 2.66. The van der Waals surface area contributed by atoms with E-state index in [1.165, 1.54) is 11.8 Å². The van der Waals surface area contributed by atoms with Gasteiger partial charge in [0.05, 0.1) is 13.1 Å². The van der Waals surface area contributed by atoms with Crippen LogP contribution in [-0.4, -0.2) is 61.1 Å². The van der Waals surface area contributed by atoms with Crippen LogP contribution in [0.4, 0.5) is 5.69 Å². The summed E-state index contributed by atoms with van der Waals surface area (Å²) >= 11 is 0. The highest BCUT2D eigenvalue weighted by atomic mass is 16.2. The summed E-state index contributed by atoms with van der Waals surface area (Å²) in [5, 5.41) is 2.77. The number of nitrogens with one attached hydrogen (secondary N) is 1. The molecule has 0 aliphatic heterocycles. The zero-order chi connectivity index (χ0) is 17.4. The average Bonchev–Trinajstić information content (AvgIpc) is 2.47. The molecule has 1 rings (SSSR count). The van der Waals surface area contributed by atoms with Gasteiger partial charge in [-0.3, -0.25) is 19.3 Å². The molecular formula is C17H25N3O3. The Kier molecular flexibility index (Phi) is 7.41. The van der Waals surface area contributed by atoms with Crippen molar-refractivity contribution in [2.45, 2.75) is 20.3 Å². The lowest BCUT2D eigenvalue weighted by Gasteiger charge is -2.22. The topological polar surface area (TPSA) is 69.7 Å². The predicted octanol–water partition coefficient (Wildman–Crippen LogP) is 1.63. The van der Waals surface area contributed by atoms with Gasteiger partial charge in [-0.25, -0.2) is 0 Å². The summed E-state index contributed by atoms with van der Waals surface area (Å²) in [4.78, 5) is 38.7. The van der Waals surface area contributed by atoms with Gasteiger partial charge in [0.1, 0.15) is 0 Å². The summed E-state index contributed by atoms with van der Waals surface area (Å²) in [6.07, 6.45) is 0.855. The minimum Gasteiger partial charge on any atom is -0.348 e. The number of amides is 2. The fraction of sp³-hybridized carbons (Fsp3) is 0.471. The third-order valence-corrected chi connectivity index (χ3v) is 3.32. The number of carbonyl (C=O) groups is 3. The standard InChI is InChI=1S/C17H25N3O3/c1-5-9-20(12-17(23)19(3)4)11-16(22)18-15-8-6-7-14(10-15)13(2)21/h6-8,10H,5,9,11-12H2,1-4H3,(H,18,22). The van der Waals surface area contributed by atoms with E-state index in [4.69, 9.17) is 0 Å². The maximum atomic E-state index is 12.2. The van der Waals surface area contributed by atoms with Gasteiger partial charge in [0.25, 0.3) is 0 Å². The first-order valence-corrected chi connectivity index (χ1v) is 7.66. The van der Waals surface area contributed by atoms with E-state index in [9.17, 15) is 14.4 Å². The summed E-state index contributed by atoms with van der Waals surface area (Å²) in [5.41, 5.74) is 1.13. The van der Waals surface area contributed by atoms with Gasteiger partial charge in [0.15, 0.2) is 5.78 Å². The van der Waals surface area contributed by atoms with Crippen LogP contribution in [0.5, 0.6) is 0 Å². The van der Waals surface area contributed by atoms with E-state index in [-0.39, 0.29) is 30.7 Å². The predicted molar refractivity (Wildman–Crippen MR) is 90.5 cm³/mol. The maximum Gasteiger partial charge on any atom is 0.238 e. The average molecular weight is 319 g/mol. The second kappa shape index (κ2) is 9.05. The van der Waals surface area contributed by atoms with Gasteiger partial charge in [-0.1, -0.05) is 19.1 Å². The molecular weight excluding hydrogens is 294 g/mol. The van der Waals surface area contributed by atoms with E-state index in [0.29, 0.717) is 17.8 Å². The Hall–Kier alpha value is -2.21. The van der Waals surface area contributed by atoms with Crippen molar-refractivity contribution < 1.29 is 14.4 Å². The number of nitrogens with zero attached hydrogens (tertiary/aromatic N) is 2. The number of hydrogen-bond acceptors (Lipinski definition) is 4. The highest BCUT2D eigenvalue weighted by molar-refractivity contribution is 5.97. The lowest BCUT2D eigenvalue weighted by molar-refractivity contribution is -0.130. The Bertz CT molecular complexity index is 570. The minimum atomic E-state index is -0.203. The van der Waals surface area contributed by atoms with Gasteiger partial charge in [-0.15, -0.1) is 0 Å². The molecule has 1 N–H and O–H groups in total. The van der Waals surface area contributed by atoms with Gasteiger partial charge in [-0.2, -0.15) is 0 Å². The molecule has 126 valence electrons. The molecule has 1 aromatic carbocycles. The first kappa shape index (κ1) is 18.8. The fourth-order valence-electron chi connectivity index (χ4n) is 2.08. The molecule has 1 aromatic rings. The molecule has 2 amide bonds. The normalized spacial score (nSPS) is 10.5. The van der Waals surface area contributed by atoms with Crippen molar-refractivity contribution in [3.8, 4) is 0 Å². The number of hydrogen-bond donors (Lipinski definition) is 1. The molecule has 0 heterocycles. The van der Waals surface area contributed by atoms with Gasteiger partial charge < -0.3 is 10.2 Å². The molecule has 0 aromatic heterocycles. The van der Waals surface area contributed by atoms with Crippen LogP contribution in [0.2, 0.25) is 0 Å². The number of benzene rings is 1. The van der Waals surface area contributed by atoms with Gasteiger partial charge >= 0.3 is 0 Å². The van der Waals surface area contributed by atoms with Crippen LogP contribution in [0.25, 0.3) is 0 Å². The zero-order valence-corrected chi connectivity index (χ0v) is 14.3. The highest BCUT2D eigenvalue weighted by Gasteiger charge is 2.15. The van der Waals surface area contributed by atoms with Crippen LogP contribution in [0.1, 0.15) is 30.6 Å². The van der Waals surface area contributed by atoms with E-state index in [0.717, 1.165) is 6.42 Å². The summed E-state index contributed by atoms with van der Waals surface area (Å²) < 4.78 is 0. The number of ketones is 1. The molecule has 0 saturated carbocycles. The molecule has 23 heavy (non-hydrogen) atoms. The summed E-state index contributed by atoms with van der Waals surface area (Å²) in [6.45, 7) is 4.50. The lowest BCUT2D eigenvalue weighted by atomic mass is 10.1. The van der Waals surface area contributed by atoms with Crippen molar-refractivity contribution in [1.29, 1.82) is 0 Å². The molecule has 0 spiro atoms. The van der Waals surface area contributed by atoms with Crippen LogP contribution >= 0.6 is 0 Å². The van der Waals surface area contributed by atoms with Crippen LogP contribution in [0.15, 0.2) is 24.3 Å². The smallest absolute Gasteiger partial charge is 0.238 e. The van der Waals surface area contributed by atoms with Crippen LogP contribution in [0.3, 0.4) is 0 Å². The van der Waals surface area contributed by atoms with Crippen molar-refractivity contribution in [3.63, 3.8) is 0 Å². The van der Waals surface area contributed by atoms with Crippen molar-refractivity contribution >= 4 is 23.3 Å². The SMILES string of the molecule is CCCN(CC(=O)Nc1cccc(C(C)=O)c1)CC(=O)N(C)C. The van der Waals surface area contributed by atoms with Gasteiger partial charge in [0.2, 0.25) is 11.8 Å². The van der Waals surface area contributed by atoms with E-state index < -0.39 is 0 Å². The second-order valence-electron chi connectivity index (χ2n) is 5.68.